The van der Waals surface area contributed by atoms with Crippen LogP contribution in [-0.2, 0) is 0 Å². The number of rotatable bonds is 4. The molecule has 0 unspecified atom stereocenters. The molecule has 2 nitrogen and oxygen atoms in total. The second-order valence-electron chi connectivity index (χ2n) is 5.71. The molecule has 1 aliphatic rings. The van der Waals surface area contributed by atoms with Crippen LogP contribution in [0.5, 0.6) is 0 Å². The van der Waals surface area contributed by atoms with Crippen molar-refractivity contribution in [2.45, 2.75) is 32.7 Å². The van der Waals surface area contributed by atoms with Gasteiger partial charge in [-0.2, -0.15) is 0 Å². The van der Waals surface area contributed by atoms with E-state index in [1.165, 1.54) is 18.2 Å². The molecule has 0 radical (unpaired) electrons. The smallest absolute Gasteiger partial charge is 0.149 e. The molecule has 1 aliphatic heterocycles. The van der Waals surface area contributed by atoms with Gasteiger partial charge in [0.2, 0.25) is 0 Å². The predicted octanol–water partition coefficient (Wildman–Crippen LogP) is 3.50. The first-order valence-corrected chi connectivity index (χ1v) is 6.99. The molecule has 0 aromatic heterocycles. The summed E-state index contributed by atoms with van der Waals surface area (Å²) in [5.74, 6) is -0.359. The van der Waals surface area contributed by atoms with Crippen molar-refractivity contribution in [1.29, 1.82) is 0 Å². The summed E-state index contributed by atoms with van der Waals surface area (Å²) in [6.07, 6.45) is 1.86. The lowest BCUT2D eigenvalue weighted by atomic mass is 10.0. The highest BCUT2D eigenvalue weighted by Crippen LogP contribution is 2.22. The summed E-state index contributed by atoms with van der Waals surface area (Å²) in [5, 5.41) is 3.01. The Bertz CT molecular complexity index is 392. The Morgan fingerprint density at radius 2 is 1.79 bits per heavy atom. The third-order valence-corrected chi connectivity index (χ3v) is 3.52. The van der Waals surface area contributed by atoms with Crippen molar-refractivity contribution < 1.29 is 8.78 Å². The Labute approximate surface area is 113 Å². The number of anilines is 1. The minimum Gasteiger partial charge on any atom is -0.377 e. The molecule has 106 valence electrons. The van der Waals surface area contributed by atoms with E-state index in [1.54, 1.807) is 0 Å². The zero-order valence-corrected chi connectivity index (χ0v) is 11.6. The lowest BCUT2D eigenvalue weighted by Gasteiger charge is -2.33. The van der Waals surface area contributed by atoms with Gasteiger partial charge < -0.3 is 10.2 Å². The van der Waals surface area contributed by atoms with Crippen LogP contribution >= 0.6 is 0 Å². The van der Waals surface area contributed by atoms with Gasteiger partial charge in [-0.05, 0) is 30.9 Å². The van der Waals surface area contributed by atoms with Crippen molar-refractivity contribution in [3.05, 3.63) is 29.8 Å². The van der Waals surface area contributed by atoms with Gasteiger partial charge in [-0.25, -0.2) is 8.78 Å². The second-order valence-corrected chi connectivity index (χ2v) is 5.71. The summed E-state index contributed by atoms with van der Waals surface area (Å²) in [6, 6.07) is 4.13. The van der Waals surface area contributed by atoms with Crippen LogP contribution in [0.25, 0.3) is 0 Å². The number of nitrogens with zero attached hydrogens (tertiary/aromatic N) is 1. The molecule has 19 heavy (non-hydrogen) atoms. The Morgan fingerprint density at radius 3 is 2.32 bits per heavy atom. The van der Waals surface area contributed by atoms with Gasteiger partial charge in [0.05, 0.1) is 0 Å². The summed E-state index contributed by atoms with van der Waals surface area (Å²) < 4.78 is 27.1. The predicted molar refractivity (Wildman–Crippen MR) is 74.3 cm³/mol. The van der Waals surface area contributed by atoms with Gasteiger partial charge in [0.25, 0.3) is 0 Å². The van der Waals surface area contributed by atoms with Crippen molar-refractivity contribution in [3.8, 4) is 0 Å². The maximum atomic E-state index is 13.5. The van der Waals surface area contributed by atoms with Crippen LogP contribution in [0.2, 0.25) is 0 Å². The van der Waals surface area contributed by atoms with E-state index in [0.717, 1.165) is 32.5 Å². The van der Waals surface area contributed by atoms with Gasteiger partial charge in [0, 0.05) is 25.7 Å². The van der Waals surface area contributed by atoms with Crippen LogP contribution < -0.4 is 5.32 Å². The summed E-state index contributed by atoms with van der Waals surface area (Å²) in [6.45, 7) is 7.50. The van der Waals surface area contributed by atoms with Gasteiger partial charge in [-0.15, -0.1) is 0 Å². The highest BCUT2D eigenvalue weighted by atomic mass is 19.1. The summed E-state index contributed by atoms with van der Waals surface area (Å²) in [7, 11) is 0. The molecule has 0 amide bonds. The van der Waals surface area contributed by atoms with Crippen LogP contribution in [-0.4, -0.2) is 30.6 Å². The molecular weight excluding hydrogens is 246 g/mol. The third-order valence-electron chi connectivity index (χ3n) is 3.52. The topological polar surface area (TPSA) is 15.3 Å². The van der Waals surface area contributed by atoms with Crippen LogP contribution in [0.4, 0.5) is 14.5 Å². The monoisotopic (exact) mass is 268 g/mol. The van der Waals surface area contributed by atoms with Crippen molar-refractivity contribution in [2.24, 2.45) is 5.92 Å². The van der Waals surface area contributed by atoms with E-state index in [2.05, 4.69) is 24.1 Å². The highest BCUT2D eigenvalue weighted by Gasteiger charge is 2.21. The molecule has 0 saturated carbocycles. The SMILES string of the molecule is CC(C)CN1CCC(Nc2c(F)cccc2F)CC1. The lowest BCUT2D eigenvalue weighted by Crippen LogP contribution is -2.40. The average Bonchev–Trinajstić information content (AvgIpc) is 2.35. The summed E-state index contributed by atoms with van der Waals surface area (Å²) in [4.78, 5) is 2.42. The fraction of sp³-hybridized carbons (Fsp3) is 0.600. The molecule has 0 bridgehead atoms. The van der Waals surface area contributed by atoms with Gasteiger partial charge in [-0.1, -0.05) is 19.9 Å². The number of benzene rings is 1. The highest BCUT2D eigenvalue weighted by molar-refractivity contribution is 5.46. The molecule has 2 rings (SSSR count). The molecule has 1 aromatic rings. The first-order valence-electron chi connectivity index (χ1n) is 6.99. The minimum atomic E-state index is -0.510. The van der Waals surface area contributed by atoms with Gasteiger partial charge >= 0.3 is 0 Å². The van der Waals surface area contributed by atoms with E-state index >= 15 is 0 Å². The van der Waals surface area contributed by atoms with Crippen molar-refractivity contribution >= 4 is 5.69 Å². The Balaban J connectivity index is 1.89. The van der Waals surface area contributed by atoms with Crippen LogP contribution in [0, 0.1) is 17.6 Å². The fourth-order valence-corrected chi connectivity index (χ4v) is 2.62. The van der Waals surface area contributed by atoms with E-state index < -0.39 is 11.6 Å². The number of hydrogen-bond acceptors (Lipinski definition) is 2. The largest absolute Gasteiger partial charge is 0.377 e. The molecule has 1 heterocycles. The molecule has 0 aliphatic carbocycles. The molecule has 1 saturated heterocycles. The molecular formula is C15H22F2N2. The van der Waals surface area contributed by atoms with E-state index in [0.29, 0.717) is 5.92 Å². The Hall–Kier alpha value is -1.16. The van der Waals surface area contributed by atoms with Crippen LogP contribution in [0.1, 0.15) is 26.7 Å². The third kappa shape index (κ3) is 3.90. The van der Waals surface area contributed by atoms with Crippen LogP contribution in [0.3, 0.4) is 0 Å². The number of para-hydroxylation sites is 1. The van der Waals surface area contributed by atoms with E-state index in [4.69, 9.17) is 0 Å². The number of likely N-dealkylation sites (tertiary alicyclic amines) is 1. The van der Waals surface area contributed by atoms with E-state index in [1.807, 2.05) is 0 Å². The van der Waals surface area contributed by atoms with Crippen LogP contribution in [0.15, 0.2) is 18.2 Å². The zero-order valence-electron chi connectivity index (χ0n) is 11.6. The average molecular weight is 268 g/mol. The normalized spacial score (nSPS) is 17.9. The second kappa shape index (κ2) is 6.33. The Morgan fingerprint density at radius 1 is 1.21 bits per heavy atom. The minimum absolute atomic E-state index is 0.0183. The summed E-state index contributed by atoms with van der Waals surface area (Å²) in [5.41, 5.74) is 0.0183. The number of hydrogen-bond donors (Lipinski definition) is 1. The maximum Gasteiger partial charge on any atom is 0.149 e. The number of piperidine rings is 1. The van der Waals surface area contributed by atoms with E-state index in [9.17, 15) is 8.78 Å². The maximum absolute atomic E-state index is 13.5. The molecule has 1 aromatic carbocycles. The van der Waals surface area contributed by atoms with Crippen molar-refractivity contribution in [2.75, 3.05) is 25.0 Å². The van der Waals surface area contributed by atoms with Crippen molar-refractivity contribution in [1.82, 2.24) is 4.90 Å². The number of nitrogens with one attached hydrogen (secondary N) is 1. The lowest BCUT2D eigenvalue weighted by molar-refractivity contribution is 0.197. The fourth-order valence-electron chi connectivity index (χ4n) is 2.62. The molecule has 1 N–H and O–H groups in total. The Kier molecular flexibility index (Phi) is 4.75. The summed E-state index contributed by atoms with van der Waals surface area (Å²) >= 11 is 0. The first-order chi connectivity index (χ1) is 9.06. The molecule has 1 fully saturated rings. The van der Waals surface area contributed by atoms with Gasteiger partial charge in [-0.3, -0.25) is 0 Å². The van der Waals surface area contributed by atoms with Gasteiger partial charge in [0.15, 0.2) is 0 Å². The first kappa shape index (κ1) is 14.3. The zero-order chi connectivity index (χ0) is 13.8. The van der Waals surface area contributed by atoms with E-state index in [-0.39, 0.29) is 11.7 Å². The molecule has 0 spiro atoms. The standard InChI is InChI=1S/C15H22F2N2/c1-11(2)10-19-8-6-12(7-9-19)18-15-13(16)4-3-5-14(15)17/h3-5,11-12,18H,6-10H2,1-2H3. The number of halogens is 2. The molecule has 4 heteroatoms. The van der Waals surface area contributed by atoms with Crippen molar-refractivity contribution in [3.63, 3.8) is 0 Å². The van der Waals surface area contributed by atoms with Gasteiger partial charge in [0.1, 0.15) is 17.3 Å². The quantitative estimate of drug-likeness (QED) is 0.899. The molecule has 0 atom stereocenters.